The number of rotatable bonds is 2. The summed E-state index contributed by atoms with van der Waals surface area (Å²) >= 11 is 6.06. The molecule has 1 aromatic heterocycles. The lowest BCUT2D eigenvalue weighted by Gasteiger charge is -2.26. The summed E-state index contributed by atoms with van der Waals surface area (Å²) < 4.78 is 40.8. The van der Waals surface area contributed by atoms with E-state index >= 15 is 0 Å². The van der Waals surface area contributed by atoms with Gasteiger partial charge in [-0.05, 0) is 35.9 Å². The highest BCUT2D eigenvalue weighted by Gasteiger charge is 2.31. The summed E-state index contributed by atoms with van der Waals surface area (Å²) in [6.45, 7) is 0.558. The third kappa shape index (κ3) is 2.42. The van der Waals surface area contributed by atoms with Crippen LogP contribution in [0.1, 0.15) is 11.3 Å². The van der Waals surface area contributed by atoms with Crippen LogP contribution in [0, 0.1) is 5.82 Å². The summed E-state index contributed by atoms with van der Waals surface area (Å²) in [5.41, 5.74) is 2.60. The predicted molar refractivity (Wildman–Crippen MR) is 91.0 cm³/mol. The minimum Gasteiger partial charge on any atom is -0.358 e. The Balaban J connectivity index is 1.78. The molecule has 0 atom stereocenters. The maximum Gasteiger partial charge on any atom is 0.244 e. The van der Waals surface area contributed by atoms with Crippen molar-refractivity contribution >= 4 is 32.5 Å². The molecular weight excluding hydrogens is 351 g/mol. The molecule has 2 aromatic carbocycles. The smallest absolute Gasteiger partial charge is 0.244 e. The van der Waals surface area contributed by atoms with Crippen LogP contribution in [0.15, 0.2) is 47.4 Å². The van der Waals surface area contributed by atoms with Crippen molar-refractivity contribution in [2.24, 2.45) is 0 Å². The van der Waals surface area contributed by atoms with Crippen molar-refractivity contribution in [1.29, 1.82) is 0 Å². The Morgan fingerprint density at radius 3 is 2.75 bits per heavy atom. The zero-order valence-electron chi connectivity index (χ0n) is 12.6. The number of aromatic amines is 1. The van der Waals surface area contributed by atoms with Gasteiger partial charge >= 0.3 is 0 Å². The van der Waals surface area contributed by atoms with Gasteiger partial charge in [-0.25, -0.2) is 12.8 Å². The van der Waals surface area contributed by atoms with Gasteiger partial charge < -0.3 is 4.98 Å². The molecule has 2 heterocycles. The molecule has 3 aromatic rings. The molecule has 0 aliphatic carbocycles. The standard InChI is InChI=1S/C17H14ClFN2O2S/c18-14-3-1-2-4-17(14)24(22,23)21-8-7-16-13(10-21)12-9-11(19)5-6-15(12)20-16/h1-6,9,20H,7-8,10H2. The van der Waals surface area contributed by atoms with Crippen LogP contribution in [0.25, 0.3) is 10.9 Å². The number of sulfonamides is 1. The van der Waals surface area contributed by atoms with E-state index in [9.17, 15) is 12.8 Å². The summed E-state index contributed by atoms with van der Waals surface area (Å²) in [5.74, 6) is -0.338. The lowest BCUT2D eigenvalue weighted by molar-refractivity contribution is 0.391. The van der Waals surface area contributed by atoms with Crippen molar-refractivity contribution in [1.82, 2.24) is 9.29 Å². The number of hydrogen-bond acceptors (Lipinski definition) is 2. The van der Waals surface area contributed by atoms with Gasteiger partial charge in [-0.15, -0.1) is 0 Å². The van der Waals surface area contributed by atoms with Gasteiger partial charge in [0.15, 0.2) is 0 Å². The van der Waals surface area contributed by atoms with Crippen LogP contribution in [0.3, 0.4) is 0 Å². The second kappa shape index (κ2) is 5.58. The molecule has 124 valence electrons. The Labute approximate surface area is 143 Å². The first kappa shape index (κ1) is 15.6. The van der Waals surface area contributed by atoms with E-state index in [4.69, 9.17) is 11.6 Å². The molecule has 1 N–H and O–H groups in total. The first-order valence-electron chi connectivity index (χ1n) is 7.50. The molecule has 0 radical (unpaired) electrons. The van der Waals surface area contributed by atoms with E-state index in [1.165, 1.54) is 22.5 Å². The average molecular weight is 365 g/mol. The summed E-state index contributed by atoms with van der Waals surface area (Å²) in [6.07, 6.45) is 0.551. The minimum atomic E-state index is -3.70. The first-order chi connectivity index (χ1) is 11.5. The van der Waals surface area contributed by atoms with Gasteiger partial charge in [0.2, 0.25) is 10.0 Å². The monoisotopic (exact) mass is 364 g/mol. The van der Waals surface area contributed by atoms with E-state index in [0.29, 0.717) is 13.0 Å². The molecule has 0 saturated carbocycles. The van der Waals surface area contributed by atoms with E-state index in [1.807, 2.05) is 0 Å². The highest BCUT2D eigenvalue weighted by Crippen LogP contribution is 2.32. The SMILES string of the molecule is O=S(=O)(c1ccccc1Cl)N1CCc2[nH]c3ccc(F)cc3c2C1. The average Bonchev–Trinajstić information content (AvgIpc) is 2.92. The zero-order chi connectivity index (χ0) is 16.9. The highest BCUT2D eigenvalue weighted by molar-refractivity contribution is 7.89. The molecule has 0 bridgehead atoms. The van der Waals surface area contributed by atoms with Gasteiger partial charge in [0.05, 0.1) is 5.02 Å². The van der Waals surface area contributed by atoms with Gasteiger partial charge in [-0.1, -0.05) is 23.7 Å². The number of H-pyrrole nitrogens is 1. The van der Waals surface area contributed by atoms with Crippen LogP contribution in [0.4, 0.5) is 4.39 Å². The predicted octanol–water partition coefficient (Wildman–Crippen LogP) is 3.71. The number of fused-ring (bicyclic) bond motifs is 3. The maximum atomic E-state index is 13.6. The Hall–Kier alpha value is -1.89. The first-order valence-corrected chi connectivity index (χ1v) is 9.32. The maximum absolute atomic E-state index is 13.6. The summed E-state index contributed by atoms with van der Waals surface area (Å²) in [4.78, 5) is 3.35. The van der Waals surface area contributed by atoms with Gasteiger partial charge in [0, 0.05) is 36.1 Å². The number of benzene rings is 2. The van der Waals surface area contributed by atoms with Gasteiger partial charge in [-0.2, -0.15) is 4.31 Å². The Morgan fingerprint density at radius 2 is 1.96 bits per heavy atom. The highest BCUT2D eigenvalue weighted by atomic mass is 35.5. The third-order valence-electron chi connectivity index (χ3n) is 4.36. The van der Waals surface area contributed by atoms with E-state index in [0.717, 1.165) is 22.2 Å². The molecule has 1 aliphatic rings. The van der Waals surface area contributed by atoms with E-state index in [2.05, 4.69) is 4.98 Å². The number of nitrogens with one attached hydrogen (secondary N) is 1. The molecule has 0 spiro atoms. The van der Waals surface area contributed by atoms with E-state index in [1.54, 1.807) is 24.3 Å². The Kier molecular flexibility index (Phi) is 3.63. The molecular formula is C17H14ClFN2O2S. The molecule has 0 unspecified atom stereocenters. The van der Waals surface area contributed by atoms with Gasteiger partial charge in [0.25, 0.3) is 0 Å². The number of halogens is 2. The molecule has 24 heavy (non-hydrogen) atoms. The van der Waals surface area contributed by atoms with Crippen LogP contribution in [0.2, 0.25) is 5.02 Å². The largest absolute Gasteiger partial charge is 0.358 e. The van der Waals surface area contributed by atoms with Crippen LogP contribution >= 0.6 is 11.6 Å². The second-order valence-electron chi connectivity index (χ2n) is 5.79. The van der Waals surface area contributed by atoms with Gasteiger partial charge in [0.1, 0.15) is 10.7 Å². The second-order valence-corrected chi connectivity index (χ2v) is 8.10. The number of aromatic nitrogens is 1. The Morgan fingerprint density at radius 1 is 1.17 bits per heavy atom. The van der Waals surface area contributed by atoms with Crippen molar-refractivity contribution in [3.63, 3.8) is 0 Å². The number of nitrogens with zero attached hydrogens (tertiary/aromatic N) is 1. The van der Waals surface area contributed by atoms with Crippen LogP contribution in [-0.4, -0.2) is 24.3 Å². The molecule has 0 fully saturated rings. The minimum absolute atomic E-state index is 0.0983. The van der Waals surface area contributed by atoms with Crippen LogP contribution < -0.4 is 0 Å². The molecule has 7 heteroatoms. The summed E-state index contributed by atoms with van der Waals surface area (Å²) in [6, 6.07) is 10.9. The summed E-state index contributed by atoms with van der Waals surface area (Å²) in [5, 5.41) is 0.928. The Bertz CT molecular complexity index is 1050. The van der Waals surface area contributed by atoms with Crippen molar-refractivity contribution < 1.29 is 12.8 Å². The normalized spacial score (nSPS) is 15.6. The third-order valence-corrected chi connectivity index (χ3v) is 6.70. The fourth-order valence-corrected chi connectivity index (χ4v) is 5.06. The van der Waals surface area contributed by atoms with Crippen LogP contribution in [0.5, 0.6) is 0 Å². The van der Waals surface area contributed by atoms with E-state index < -0.39 is 10.0 Å². The van der Waals surface area contributed by atoms with Gasteiger partial charge in [-0.3, -0.25) is 0 Å². The zero-order valence-corrected chi connectivity index (χ0v) is 14.2. The molecule has 0 amide bonds. The fourth-order valence-electron chi connectivity index (χ4n) is 3.16. The topological polar surface area (TPSA) is 53.2 Å². The van der Waals surface area contributed by atoms with Crippen molar-refractivity contribution in [2.45, 2.75) is 17.9 Å². The lowest BCUT2D eigenvalue weighted by atomic mass is 10.1. The number of hydrogen-bond donors (Lipinski definition) is 1. The van der Waals surface area contributed by atoms with E-state index in [-0.39, 0.29) is 22.3 Å². The van der Waals surface area contributed by atoms with Crippen LogP contribution in [-0.2, 0) is 23.0 Å². The molecule has 1 aliphatic heterocycles. The van der Waals surface area contributed by atoms with Crippen molar-refractivity contribution in [3.05, 3.63) is 64.6 Å². The quantitative estimate of drug-likeness (QED) is 0.753. The fraction of sp³-hybridized carbons (Fsp3) is 0.176. The summed E-state index contributed by atoms with van der Waals surface area (Å²) in [7, 11) is -3.70. The lowest BCUT2D eigenvalue weighted by Crippen LogP contribution is -2.35. The van der Waals surface area contributed by atoms with Crippen molar-refractivity contribution in [3.8, 4) is 0 Å². The molecule has 0 saturated heterocycles. The molecule has 4 rings (SSSR count). The molecule has 4 nitrogen and oxygen atoms in total. The van der Waals surface area contributed by atoms with Crippen molar-refractivity contribution in [2.75, 3.05) is 6.54 Å².